The molecule has 2 aliphatic rings. The van der Waals surface area contributed by atoms with Crippen LogP contribution in [-0.2, 0) is 28.9 Å². The number of nitrogens with zero attached hydrogens (tertiary/aromatic N) is 5. The van der Waals surface area contributed by atoms with E-state index in [0.717, 1.165) is 83.1 Å². The third-order valence-electron chi connectivity index (χ3n) is 9.20. The first-order valence-corrected chi connectivity index (χ1v) is 19.9. The SMILES string of the molecule is CC(=O)Nc1sc2c(c1-c1nc3c(C)nccc3s1)CCCC2.CCN1C(C)Cc2c(sc(NC(C)=O)c2-c2nc3cnccc3s2)C1C. The lowest BCUT2D eigenvalue weighted by atomic mass is 9.93. The van der Waals surface area contributed by atoms with Crippen molar-refractivity contribution in [1.82, 2.24) is 24.8 Å². The molecule has 7 heterocycles. The molecule has 0 saturated carbocycles. The number of carbonyl (C=O) groups is 2. The molecule has 0 radical (unpaired) electrons. The number of aryl methyl sites for hydroxylation is 2. The van der Waals surface area contributed by atoms with Crippen LogP contribution in [0.4, 0.5) is 10.0 Å². The summed E-state index contributed by atoms with van der Waals surface area (Å²) in [5, 5.41) is 9.92. The van der Waals surface area contributed by atoms with E-state index < -0.39 is 0 Å². The maximum Gasteiger partial charge on any atom is 0.221 e. The van der Waals surface area contributed by atoms with E-state index in [1.165, 1.54) is 33.7 Å². The minimum atomic E-state index is -0.0410. The minimum Gasteiger partial charge on any atom is -0.317 e. The number of thiazole rings is 2. The number of nitrogens with one attached hydrogen (secondary N) is 2. The first-order valence-electron chi connectivity index (χ1n) is 16.7. The number of likely N-dealkylation sites (N-methyl/N-ethyl adjacent to an activating group) is 1. The number of hydrogen-bond donors (Lipinski definition) is 2. The lowest BCUT2D eigenvalue weighted by Gasteiger charge is -2.38. The van der Waals surface area contributed by atoms with Gasteiger partial charge < -0.3 is 10.6 Å². The van der Waals surface area contributed by atoms with E-state index in [4.69, 9.17) is 9.97 Å². The van der Waals surface area contributed by atoms with E-state index in [0.29, 0.717) is 12.1 Å². The predicted molar refractivity (Wildman–Crippen MR) is 205 cm³/mol. The zero-order valence-electron chi connectivity index (χ0n) is 28.5. The Morgan fingerprint density at radius 3 is 2.27 bits per heavy atom. The summed E-state index contributed by atoms with van der Waals surface area (Å²) >= 11 is 6.78. The molecule has 6 aromatic heterocycles. The van der Waals surface area contributed by atoms with E-state index in [-0.39, 0.29) is 11.8 Å². The highest BCUT2D eigenvalue weighted by molar-refractivity contribution is 7.23. The Morgan fingerprint density at radius 2 is 1.55 bits per heavy atom. The highest BCUT2D eigenvalue weighted by Gasteiger charge is 2.34. The van der Waals surface area contributed by atoms with Crippen molar-refractivity contribution >= 4 is 87.6 Å². The third-order valence-corrected chi connectivity index (χ3v) is 13.8. The van der Waals surface area contributed by atoms with Gasteiger partial charge in [-0.15, -0.1) is 45.3 Å². The summed E-state index contributed by atoms with van der Waals surface area (Å²) in [6.45, 7) is 12.9. The largest absolute Gasteiger partial charge is 0.317 e. The number of pyridine rings is 2. The Bertz CT molecular complexity index is 2160. The molecule has 0 spiro atoms. The van der Waals surface area contributed by atoms with Gasteiger partial charge in [-0.25, -0.2) is 9.97 Å². The molecule has 0 fully saturated rings. The predicted octanol–water partition coefficient (Wildman–Crippen LogP) is 9.27. The number of aromatic nitrogens is 4. The quantitative estimate of drug-likeness (QED) is 0.182. The van der Waals surface area contributed by atoms with Gasteiger partial charge in [-0.1, -0.05) is 6.92 Å². The zero-order valence-corrected chi connectivity index (χ0v) is 31.7. The van der Waals surface area contributed by atoms with Crippen LogP contribution in [0, 0.1) is 6.92 Å². The molecule has 2 unspecified atom stereocenters. The normalized spacial score (nSPS) is 17.3. The first kappa shape index (κ1) is 33.9. The van der Waals surface area contributed by atoms with E-state index >= 15 is 0 Å². The van der Waals surface area contributed by atoms with E-state index in [2.05, 4.69) is 46.3 Å². The van der Waals surface area contributed by atoms with Gasteiger partial charge in [0.15, 0.2) is 0 Å². The molecule has 0 aromatic carbocycles. The second kappa shape index (κ2) is 13.9. The maximum absolute atomic E-state index is 11.8. The van der Waals surface area contributed by atoms with Gasteiger partial charge in [0.1, 0.15) is 31.1 Å². The van der Waals surface area contributed by atoms with Gasteiger partial charge in [-0.05, 0) is 82.7 Å². The fourth-order valence-corrected chi connectivity index (χ4v) is 12.0. The van der Waals surface area contributed by atoms with Gasteiger partial charge in [-0.3, -0.25) is 24.5 Å². The van der Waals surface area contributed by atoms with Crippen LogP contribution in [0.5, 0.6) is 0 Å². The molecule has 8 rings (SSSR count). The summed E-state index contributed by atoms with van der Waals surface area (Å²) in [5.74, 6) is -0.0653. The summed E-state index contributed by atoms with van der Waals surface area (Å²) < 4.78 is 2.27. The zero-order chi connectivity index (χ0) is 34.4. The fraction of sp³-hybridized carbons (Fsp3) is 0.389. The van der Waals surface area contributed by atoms with Crippen LogP contribution in [0.3, 0.4) is 0 Å². The molecule has 0 bridgehead atoms. The second-order valence-electron chi connectivity index (χ2n) is 12.6. The summed E-state index contributed by atoms with van der Waals surface area (Å²) in [6.07, 6.45) is 11.0. The molecule has 0 saturated heterocycles. The number of fused-ring (bicyclic) bond motifs is 4. The van der Waals surface area contributed by atoms with Crippen LogP contribution < -0.4 is 10.6 Å². The van der Waals surface area contributed by atoms with Gasteiger partial charge >= 0.3 is 0 Å². The van der Waals surface area contributed by atoms with Crippen LogP contribution in [-0.4, -0.2) is 49.2 Å². The molecule has 1 aliphatic heterocycles. The molecule has 254 valence electrons. The van der Waals surface area contributed by atoms with Gasteiger partial charge in [0.05, 0.1) is 21.3 Å². The summed E-state index contributed by atoms with van der Waals surface area (Å²) in [6, 6.07) is 4.83. The molecule has 6 aromatic rings. The number of thiophene rings is 2. The Balaban J connectivity index is 0.000000155. The Hall–Kier alpha value is -3.62. The number of amides is 2. The van der Waals surface area contributed by atoms with Crippen molar-refractivity contribution in [3.8, 4) is 21.1 Å². The lowest BCUT2D eigenvalue weighted by molar-refractivity contribution is -0.115. The highest BCUT2D eigenvalue weighted by atomic mass is 32.1. The van der Waals surface area contributed by atoms with Crippen molar-refractivity contribution in [2.24, 2.45) is 0 Å². The Labute approximate surface area is 301 Å². The molecular formula is C36H39N7O2S4. The molecule has 13 heteroatoms. The fourth-order valence-electron chi connectivity index (χ4n) is 7.04. The maximum atomic E-state index is 11.8. The molecule has 2 N–H and O–H groups in total. The summed E-state index contributed by atoms with van der Waals surface area (Å²) in [5.41, 5.74) is 7.81. The van der Waals surface area contributed by atoms with E-state index in [1.807, 2.05) is 25.3 Å². The average molecular weight is 730 g/mol. The number of anilines is 2. The summed E-state index contributed by atoms with van der Waals surface area (Å²) in [4.78, 5) is 46.9. The molecule has 49 heavy (non-hydrogen) atoms. The molecule has 2 atom stereocenters. The molecule has 1 aliphatic carbocycles. The Kier molecular flexibility index (Phi) is 9.64. The van der Waals surface area contributed by atoms with Crippen molar-refractivity contribution < 1.29 is 9.59 Å². The smallest absolute Gasteiger partial charge is 0.221 e. The van der Waals surface area contributed by atoms with Gasteiger partial charge in [0.25, 0.3) is 0 Å². The Morgan fingerprint density at radius 1 is 0.878 bits per heavy atom. The molecule has 2 amide bonds. The van der Waals surface area contributed by atoms with Crippen molar-refractivity contribution in [2.75, 3.05) is 17.2 Å². The number of carbonyl (C=O) groups excluding carboxylic acids is 2. The van der Waals surface area contributed by atoms with Crippen LogP contribution in [0.25, 0.3) is 41.6 Å². The van der Waals surface area contributed by atoms with Crippen molar-refractivity contribution in [1.29, 1.82) is 0 Å². The summed E-state index contributed by atoms with van der Waals surface area (Å²) in [7, 11) is 0. The first-order chi connectivity index (χ1) is 23.6. The van der Waals surface area contributed by atoms with Gasteiger partial charge in [0.2, 0.25) is 11.8 Å². The number of hydrogen-bond acceptors (Lipinski definition) is 11. The monoisotopic (exact) mass is 729 g/mol. The van der Waals surface area contributed by atoms with Gasteiger partial charge in [0, 0.05) is 59.2 Å². The van der Waals surface area contributed by atoms with Gasteiger partial charge in [-0.2, -0.15) is 0 Å². The number of rotatable bonds is 5. The second-order valence-corrected chi connectivity index (χ2v) is 16.8. The van der Waals surface area contributed by atoms with E-state index in [9.17, 15) is 9.59 Å². The lowest BCUT2D eigenvalue weighted by Crippen LogP contribution is -2.40. The highest BCUT2D eigenvalue weighted by Crippen LogP contribution is 2.50. The van der Waals surface area contributed by atoms with Crippen LogP contribution >= 0.6 is 45.3 Å². The van der Waals surface area contributed by atoms with Crippen LogP contribution in [0.1, 0.15) is 80.1 Å². The van der Waals surface area contributed by atoms with Crippen LogP contribution in [0.2, 0.25) is 0 Å². The van der Waals surface area contributed by atoms with Crippen LogP contribution in [0.15, 0.2) is 30.7 Å². The van der Waals surface area contributed by atoms with Crippen molar-refractivity contribution in [3.63, 3.8) is 0 Å². The standard InChI is InChI=1S/C19H22N4OS2.C17H17N3OS2/c1-5-23-10(2)8-13-16(18(21-12(4)24)26-17(13)11(23)3)19-22-14-9-20-7-6-15(14)25-19;1-9-15-13(7-8-18-9)23-17(20-15)14-11-5-3-4-6-12(11)22-16(14)19-10(2)21/h6-7,9-11H,5,8H2,1-4H3,(H,21,24);7-8H,3-6H2,1-2H3,(H,19,21). The molecular weight excluding hydrogens is 691 g/mol. The topological polar surface area (TPSA) is 113 Å². The van der Waals surface area contributed by atoms with E-state index in [1.54, 1.807) is 71.6 Å². The third kappa shape index (κ3) is 6.54. The average Bonchev–Trinajstić information content (AvgIpc) is 3.83. The minimum absolute atomic E-state index is 0.0243. The van der Waals surface area contributed by atoms with Crippen molar-refractivity contribution in [3.05, 3.63) is 57.3 Å². The van der Waals surface area contributed by atoms with Crippen molar-refractivity contribution in [2.45, 2.75) is 85.7 Å². The molecule has 9 nitrogen and oxygen atoms in total.